The molecule has 0 amide bonds. The fourth-order valence-corrected chi connectivity index (χ4v) is 2.00. The molecule has 0 aliphatic rings. The molecule has 1 heterocycles. The monoisotopic (exact) mass is 298 g/mol. The summed E-state index contributed by atoms with van der Waals surface area (Å²) >= 11 is 9.25. The molecule has 82 valence electrons. The smallest absolute Gasteiger partial charge is 0.115 e. The molecule has 0 aliphatic carbocycles. The van der Waals surface area contributed by atoms with Crippen LogP contribution in [0.4, 0.5) is 0 Å². The van der Waals surface area contributed by atoms with E-state index in [-0.39, 0.29) is 0 Å². The number of aliphatic hydroxyl groups excluding tert-OH is 1. The van der Waals surface area contributed by atoms with Crippen LogP contribution in [0.1, 0.15) is 17.2 Å². The second-order valence-electron chi connectivity index (χ2n) is 3.24. The number of nitrogens with zero attached hydrogens (tertiary/aromatic N) is 2. The number of rotatable bonds is 2. The standard InChI is InChI=1S/C11H8BrClN2O/c12-10-2-1-8(13)3-9(10)11(16)7-4-14-6-15-5-7/h1-6,11,16H. The molecule has 1 atom stereocenters. The first-order valence-corrected chi connectivity index (χ1v) is 5.73. The molecule has 1 N–H and O–H groups in total. The zero-order valence-corrected chi connectivity index (χ0v) is 10.5. The first-order chi connectivity index (χ1) is 7.68. The van der Waals surface area contributed by atoms with E-state index in [1.807, 2.05) is 0 Å². The second-order valence-corrected chi connectivity index (χ2v) is 4.53. The zero-order valence-electron chi connectivity index (χ0n) is 8.14. The van der Waals surface area contributed by atoms with Gasteiger partial charge in [-0.3, -0.25) is 0 Å². The third-order valence-corrected chi connectivity index (χ3v) is 3.11. The van der Waals surface area contributed by atoms with Crippen LogP contribution < -0.4 is 0 Å². The molecular formula is C11H8BrClN2O. The Morgan fingerprint density at radius 3 is 2.62 bits per heavy atom. The minimum Gasteiger partial charge on any atom is -0.383 e. The van der Waals surface area contributed by atoms with Gasteiger partial charge in [-0.2, -0.15) is 0 Å². The van der Waals surface area contributed by atoms with Crippen molar-refractivity contribution in [3.63, 3.8) is 0 Å². The van der Waals surface area contributed by atoms with Gasteiger partial charge in [-0.25, -0.2) is 9.97 Å². The average molecular weight is 300 g/mol. The molecule has 0 fully saturated rings. The summed E-state index contributed by atoms with van der Waals surface area (Å²) in [5.74, 6) is 0. The Hall–Kier alpha value is -0.970. The minimum atomic E-state index is -0.783. The van der Waals surface area contributed by atoms with Gasteiger partial charge in [-0.05, 0) is 18.2 Å². The van der Waals surface area contributed by atoms with Crippen molar-refractivity contribution in [3.05, 3.63) is 57.5 Å². The Morgan fingerprint density at radius 2 is 1.94 bits per heavy atom. The summed E-state index contributed by atoms with van der Waals surface area (Å²) in [6.07, 6.45) is 3.79. The topological polar surface area (TPSA) is 46.0 Å². The number of halogens is 2. The summed E-state index contributed by atoms with van der Waals surface area (Å²) in [6, 6.07) is 5.26. The van der Waals surface area contributed by atoms with Crippen LogP contribution in [0.2, 0.25) is 5.02 Å². The van der Waals surface area contributed by atoms with E-state index in [1.54, 1.807) is 30.6 Å². The van der Waals surface area contributed by atoms with E-state index in [0.29, 0.717) is 16.1 Å². The molecule has 0 saturated carbocycles. The predicted octanol–water partition coefficient (Wildman–Crippen LogP) is 2.97. The summed E-state index contributed by atoms with van der Waals surface area (Å²) in [5.41, 5.74) is 1.33. The van der Waals surface area contributed by atoms with Crippen molar-refractivity contribution in [1.29, 1.82) is 0 Å². The summed E-state index contributed by atoms with van der Waals surface area (Å²) < 4.78 is 0.799. The number of aliphatic hydroxyl groups is 1. The van der Waals surface area contributed by atoms with Gasteiger partial charge in [0.2, 0.25) is 0 Å². The van der Waals surface area contributed by atoms with E-state index in [4.69, 9.17) is 11.6 Å². The normalized spacial score (nSPS) is 12.4. The number of hydrogen-bond donors (Lipinski definition) is 1. The number of hydrogen-bond acceptors (Lipinski definition) is 3. The summed E-state index contributed by atoms with van der Waals surface area (Å²) in [7, 11) is 0. The van der Waals surface area contributed by atoms with Gasteiger partial charge in [0.1, 0.15) is 12.4 Å². The first kappa shape index (κ1) is 11.5. The van der Waals surface area contributed by atoms with Crippen molar-refractivity contribution in [2.75, 3.05) is 0 Å². The van der Waals surface area contributed by atoms with Gasteiger partial charge in [-0.15, -0.1) is 0 Å². The molecule has 1 aromatic carbocycles. The van der Waals surface area contributed by atoms with Crippen LogP contribution in [0.15, 0.2) is 41.4 Å². The van der Waals surface area contributed by atoms with E-state index >= 15 is 0 Å². The molecule has 1 unspecified atom stereocenters. The second kappa shape index (κ2) is 4.91. The number of benzene rings is 1. The predicted molar refractivity (Wildman–Crippen MR) is 65.2 cm³/mol. The van der Waals surface area contributed by atoms with Crippen LogP contribution >= 0.6 is 27.5 Å². The highest BCUT2D eigenvalue weighted by Crippen LogP contribution is 2.30. The minimum absolute atomic E-state index is 0.578. The van der Waals surface area contributed by atoms with Crippen molar-refractivity contribution < 1.29 is 5.11 Å². The molecule has 0 saturated heterocycles. The van der Waals surface area contributed by atoms with Gasteiger partial charge in [0.25, 0.3) is 0 Å². The fourth-order valence-electron chi connectivity index (χ4n) is 1.36. The maximum Gasteiger partial charge on any atom is 0.115 e. The highest BCUT2D eigenvalue weighted by Gasteiger charge is 2.14. The maximum absolute atomic E-state index is 10.1. The van der Waals surface area contributed by atoms with Crippen LogP contribution in [0.25, 0.3) is 0 Å². The van der Waals surface area contributed by atoms with Crippen LogP contribution in [-0.4, -0.2) is 15.1 Å². The van der Waals surface area contributed by atoms with Gasteiger partial charge < -0.3 is 5.11 Å². The highest BCUT2D eigenvalue weighted by atomic mass is 79.9. The SMILES string of the molecule is OC(c1cncnc1)c1cc(Cl)ccc1Br. The Morgan fingerprint density at radius 1 is 1.25 bits per heavy atom. The molecule has 1 aromatic heterocycles. The molecule has 2 rings (SSSR count). The number of aromatic nitrogens is 2. The molecule has 16 heavy (non-hydrogen) atoms. The lowest BCUT2D eigenvalue weighted by Gasteiger charge is -2.12. The quantitative estimate of drug-likeness (QED) is 0.927. The van der Waals surface area contributed by atoms with Gasteiger partial charge >= 0.3 is 0 Å². The lowest BCUT2D eigenvalue weighted by molar-refractivity contribution is 0.218. The Balaban J connectivity index is 2.41. The van der Waals surface area contributed by atoms with E-state index in [0.717, 1.165) is 4.47 Å². The first-order valence-electron chi connectivity index (χ1n) is 4.56. The molecule has 3 nitrogen and oxygen atoms in total. The Labute approximate surface area is 106 Å². The van der Waals surface area contributed by atoms with Crippen LogP contribution in [-0.2, 0) is 0 Å². The molecule has 2 aromatic rings. The van der Waals surface area contributed by atoms with Crippen molar-refractivity contribution >= 4 is 27.5 Å². The van der Waals surface area contributed by atoms with Crippen molar-refractivity contribution in [1.82, 2.24) is 9.97 Å². The summed E-state index contributed by atoms with van der Waals surface area (Å²) in [5, 5.41) is 10.7. The van der Waals surface area contributed by atoms with E-state index in [9.17, 15) is 5.11 Å². The van der Waals surface area contributed by atoms with Crippen LogP contribution in [0.3, 0.4) is 0 Å². The van der Waals surface area contributed by atoms with Crippen molar-refractivity contribution in [2.24, 2.45) is 0 Å². The van der Waals surface area contributed by atoms with E-state index in [2.05, 4.69) is 25.9 Å². The van der Waals surface area contributed by atoms with Gasteiger partial charge in [-0.1, -0.05) is 27.5 Å². The Bertz CT molecular complexity index is 493. The third kappa shape index (κ3) is 2.40. The molecule has 5 heteroatoms. The van der Waals surface area contributed by atoms with Gasteiger partial charge in [0.05, 0.1) is 0 Å². The van der Waals surface area contributed by atoms with Crippen LogP contribution in [0, 0.1) is 0 Å². The van der Waals surface area contributed by atoms with Gasteiger partial charge in [0.15, 0.2) is 0 Å². The lowest BCUT2D eigenvalue weighted by atomic mass is 10.0. The van der Waals surface area contributed by atoms with Crippen molar-refractivity contribution in [2.45, 2.75) is 6.10 Å². The zero-order chi connectivity index (χ0) is 11.5. The summed E-state index contributed by atoms with van der Waals surface area (Å²) in [4.78, 5) is 7.73. The molecule has 0 spiro atoms. The van der Waals surface area contributed by atoms with Gasteiger partial charge in [0, 0.05) is 33.0 Å². The van der Waals surface area contributed by atoms with Crippen LogP contribution in [0.5, 0.6) is 0 Å². The Kier molecular flexibility index (Phi) is 3.53. The average Bonchev–Trinajstić information content (AvgIpc) is 2.32. The van der Waals surface area contributed by atoms with E-state index in [1.165, 1.54) is 6.33 Å². The highest BCUT2D eigenvalue weighted by molar-refractivity contribution is 9.10. The molecule has 0 aliphatic heterocycles. The third-order valence-electron chi connectivity index (χ3n) is 2.15. The maximum atomic E-state index is 10.1. The van der Waals surface area contributed by atoms with E-state index < -0.39 is 6.10 Å². The largest absolute Gasteiger partial charge is 0.383 e. The molecular weight excluding hydrogens is 291 g/mol. The fraction of sp³-hybridized carbons (Fsp3) is 0.0909. The van der Waals surface area contributed by atoms with Crippen molar-refractivity contribution in [3.8, 4) is 0 Å². The molecule has 0 radical (unpaired) electrons. The summed E-state index contributed by atoms with van der Waals surface area (Å²) in [6.45, 7) is 0. The molecule has 0 bridgehead atoms. The lowest BCUT2D eigenvalue weighted by Crippen LogP contribution is -2.01.